The predicted octanol–water partition coefficient (Wildman–Crippen LogP) is 5.05. The molecule has 160 valence electrons. The van der Waals surface area contributed by atoms with Crippen molar-refractivity contribution in [1.82, 2.24) is 4.98 Å². The van der Waals surface area contributed by atoms with Crippen LogP contribution >= 0.6 is 11.3 Å². The third kappa shape index (κ3) is 5.55. The normalized spacial score (nSPS) is 17.7. The topological polar surface area (TPSA) is 90.7 Å². The number of hydrogen-bond donors (Lipinski definition) is 2. The Labute approximate surface area is 180 Å². The number of hydrogen-bond acceptors (Lipinski definition) is 5. The standard InChI is InChI=1S/C23H28N2O4S/c1-2-3-4-7-20(26)16-9-11-18(12-10-16)25-17(13-14-22(25)27)6-5-8-21-24-19(15-30-21)23(28)29/h5,8-12,15,17,20,26H,2-4,6-7,13-14H2,1H3,(H,28,29)/b8-5-/t17-,20+/m0/s1. The summed E-state index contributed by atoms with van der Waals surface area (Å²) in [5.41, 5.74) is 1.79. The number of amides is 1. The van der Waals surface area contributed by atoms with E-state index in [9.17, 15) is 14.7 Å². The van der Waals surface area contributed by atoms with E-state index in [1.54, 1.807) is 0 Å². The van der Waals surface area contributed by atoms with Crippen LogP contribution in [0.4, 0.5) is 5.69 Å². The lowest BCUT2D eigenvalue weighted by atomic mass is 10.0. The molecule has 2 aromatic rings. The maximum Gasteiger partial charge on any atom is 0.355 e. The second-order valence-corrected chi connectivity index (χ2v) is 8.46. The van der Waals surface area contributed by atoms with Crippen molar-refractivity contribution >= 4 is 35.0 Å². The van der Waals surface area contributed by atoms with Crippen LogP contribution in [0.2, 0.25) is 0 Å². The van der Waals surface area contributed by atoms with Gasteiger partial charge in [-0.3, -0.25) is 4.79 Å². The number of thiazole rings is 1. The van der Waals surface area contributed by atoms with Crippen molar-refractivity contribution in [3.8, 4) is 0 Å². The summed E-state index contributed by atoms with van der Waals surface area (Å²) in [6.45, 7) is 2.14. The summed E-state index contributed by atoms with van der Waals surface area (Å²) in [5.74, 6) is -0.926. The Morgan fingerprint density at radius 1 is 1.33 bits per heavy atom. The van der Waals surface area contributed by atoms with Crippen molar-refractivity contribution < 1.29 is 19.8 Å². The second kappa shape index (κ2) is 10.5. The average Bonchev–Trinajstić information content (AvgIpc) is 3.35. The van der Waals surface area contributed by atoms with Crippen LogP contribution in [0, 0.1) is 0 Å². The van der Waals surface area contributed by atoms with Gasteiger partial charge >= 0.3 is 5.97 Å². The van der Waals surface area contributed by atoms with E-state index in [0.29, 0.717) is 17.8 Å². The summed E-state index contributed by atoms with van der Waals surface area (Å²) in [5, 5.41) is 21.5. The molecule has 0 spiro atoms. The van der Waals surface area contributed by atoms with Gasteiger partial charge in [-0.2, -0.15) is 0 Å². The third-order valence-electron chi connectivity index (χ3n) is 5.37. The number of unbranched alkanes of at least 4 members (excludes halogenated alkanes) is 2. The van der Waals surface area contributed by atoms with Gasteiger partial charge in [-0.05, 0) is 43.0 Å². The van der Waals surface area contributed by atoms with Crippen molar-refractivity contribution in [3.63, 3.8) is 0 Å². The highest BCUT2D eigenvalue weighted by molar-refractivity contribution is 7.10. The number of aliphatic hydroxyl groups is 1. The molecule has 1 saturated heterocycles. The summed E-state index contributed by atoms with van der Waals surface area (Å²) in [6.07, 6.45) is 9.27. The summed E-state index contributed by atoms with van der Waals surface area (Å²) in [6, 6.07) is 7.71. The van der Waals surface area contributed by atoms with Gasteiger partial charge in [-0.25, -0.2) is 9.78 Å². The van der Waals surface area contributed by atoms with E-state index in [1.807, 2.05) is 41.3 Å². The van der Waals surface area contributed by atoms with Crippen LogP contribution in [-0.2, 0) is 4.79 Å². The van der Waals surface area contributed by atoms with Crippen LogP contribution in [0.15, 0.2) is 35.7 Å². The van der Waals surface area contributed by atoms with E-state index in [0.717, 1.165) is 43.4 Å². The number of aliphatic hydroxyl groups excluding tert-OH is 1. The van der Waals surface area contributed by atoms with E-state index in [-0.39, 0.29) is 17.6 Å². The summed E-state index contributed by atoms with van der Waals surface area (Å²) < 4.78 is 0. The first-order chi connectivity index (χ1) is 14.5. The summed E-state index contributed by atoms with van der Waals surface area (Å²) >= 11 is 1.29. The highest BCUT2D eigenvalue weighted by Gasteiger charge is 2.31. The predicted molar refractivity (Wildman–Crippen MR) is 119 cm³/mol. The lowest BCUT2D eigenvalue weighted by molar-refractivity contribution is -0.117. The van der Waals surface area contributed by atoms with Gasteiger partial charge in [0, 0.05) is 23.5 Å². The molecule has 2 atom stereocenters. The van der Waals surface area contributed by atoms with Crippen molar-refractivity contribution in [2.75, 3.05) is 4.90 Å². The molecule has 1 aliphatic rings. The van der Waals surface area contributed by atoms with Gasteiger partial charge in [0.05, 0.1) is 6.10 Å². The van der Waals surface area contributed by atoms with Crippen LogP contribution < -0.4 is 4.90 Å². The van der Waals surface area contributed by atoms with E-state index in [4.69, 9.17) is 5.11 Å². The van der Waals surface area contributed by atoms with Gasteiger partial charge in [-0.15, -0.1) is 11.3 Å². The molecule has 0 bridgehead atoms. The van der Waals surface area contributed by atoms with Crippen LogP contribution in [0.25, 0.3) is 6.08 Å². The minimum absolute atomic E-state index is 0.0503. The molecule has 2 heterocycles. The molecular weight excluding hydrogens is 400 g/mol. The number of carboxylic acids is 1. The molecule has 0 unspecified atom stereocenters. The minimum atomic E-state index is -1.03. The van der Waals surface area contributed by atoms with Gasteiger partial charge in [0.2, 0.25) is 5.91 Å². The number of aromatic nitrogens is 1. The maximum absolute atomic E-state index is 12.5. The number of carbonyl (C=O) groups is 2. The molecule has 3 rings (SSSR count). The fourth-order valence-electron chi connectivity index (χ4n) is 3.72. The second-order valence-electron chi connectivity index (χ2n) is 7.57. The van der Waals surface area contributed by atoms with Crippen LogP contribution in [0.3, 0.4) is 0 Å². The Morgan fingerprint density at radius 3 is 2.77 bits per heavy atom. The maximum atomic E-state index is 12.5. The lowest BCUT2D eigenvalue weighted by Crippen LogP contribution is -2.32. The molecule has 1 fully saturated rings. The molecular formula is C23H28N2O4S. The van der Waals surface area contributed by atoms with Gasteiger partial charge in [-0.1, -0.05) is 44.4 Å². The highest BCUT2D eigenvalue weighted by Crippen LogP contribution is 2.30. The fourth-order valence-corrected chi connectivity index (χ4v) is 4.43. The minimum Gasteiger partial charge on any atom is -0.476 e. The number of rotatable bonds is 10. The van der Waals surface area contributed by atoms with E-state index in [2.05, 4.69) is 11.9 Å². The molecule has 1 aromatic carbocycles. The quantitative estimate of drug-likeness (QED) is 0.517. The summed E-state index contributed by atoms with van der Waals surface area (Å²) in [7, 11) is 0. The number of anilines is 1. The smallest absolute Gasteiger partial charge is 0.355 e. The Morgan fingerprint density at radius 2 is 2.10 bits per heavy atom. The largest absolute Gasteiger partial charge is 0.476 e. The Kier molecular flexibility index (Phi) is 7.76. The molecule has 7 heteroatoms. The number of nitrogens with zero attached hydrogens (tertiary/aromatic N) is 2. The van der Waals surface area contributed by atoms with Gasteiger partial charge in [0.15, 0.2) is 5.69 Å². The first-order valence-corrected chi connectivity index (χ1v) is 11.3. The molecule has 0 aliphatic carbocycles. The Bertz CT molecular complexity index is 891. The summed E-state index contributed by atoms with van der Waals surface area (Å²) in [4.78, 5) is 29.3. The molecule has 1 aliphatic heterocycles. The third-order valence-corrected chi connectivity index (χ3v) is 6.18. The fraction of sp³-hybridized carbons (Fsp3) is 0.435. The lowest BCUT2D eigenvalue weighted by Gasteiger charge is -2.24. The highest BCUT2D eigenvalue weighted by atomic mass is 32.1. The first kappa shape index (κ1) is 22.2. The van der Waals surface area contributed by atoms with E-state index >= 15 is 0 Å². The van der Waals surface area contributed by atoms with Gasteiger partial charge in [0.1, 0.15) is 5.01 Å². The zero-order chi connectivity index (χ0) is 21.5. The van der Waals surface area contributed by atoms with Crippen LogP contribution in [-0.4, -0.2) is 33.1 Å². The molecule has 6 nitrogen and oxygen atoms in total. The Hall–Kier alpha value is -2.51. The molecule has 2 N–H and O–H groups in total. The number of carbonyl (C=O) groups excluding carboxylic acids is 1. The molecule has 0 radical (unpaired) electrons. The molecule has 0 saturated carbocycles. The van der Waals surface area contributed by atoms with Crippen molar-refractivity contribution in [1.29, 1.82) is 0 Å². The van der Waals surface area contributed by atoms with Crippen LogP contribution in [0.5, 0.6) is 0 Å². The van der Waals surface area contributed by atoms with E-state index < -0.39 is 12.1 Å². The van der Waals surface area contributed by atoms with Crippen molar-refractivity contribution in [2.24, 2.45) is 0 Å². The van der Waals surface area contributed by atoms with Crippen LogP contribution in [0.1, 0.15) is 79.0 Å². The number of carboxylic acid groups (broad SMARTS) is 1. The van der Waals surface area contributed by atoms with E-state index in [1.165, 1.54) is 16.7 Å². The molecule has 30 heavy (non-hydrogen) atoms. The zero-order valence-electron chi connectivity index (χ0n) is 17.2. The number of aromatic carboxylic acids is 1. The molecule has 1 aromatic heterocycles. The van der Waals surface area contributed by atoms with Crippen molar-refractivity contribution in [2.45, 2.75) is 64.0 Å². The Balaban J connectivity index is 1.62. The first-order valence-electron chi connectivity index (χ1n) is 10.4. The van der Waals surface area contributed by atoms with Crippen molar-refractivity contribution in [3.05, 3.63) is 52.0 Å². The van der Waals surface area contributed by atoms with Gasteiger partial charge in [0.25, 0.3) is 0 Å². The van der Waals surface area contributed by atoms with Gasteiger partial charge < -0.3 is 15.1 Å². The average molecular weight is 429 g/mol. The monoisotopic (exact) mass is 428 g/mol. The SMILES string of the molecule is CCCCC[C@@H](O)c1ccc(N2C(=O)CC[C@@H]2C/C=C\c2nc(C(=O)O)cs2)cc1. The number of benzene rings is 1. The zero-order valence-corrected chi connectivity index (χ0v) is 18.0. The molecule has 1 amide bonds.